The van der Waals surface area contributed by atoms with Crippen molar-refractivity contribution in [3.63, 3.8) is 0 Å². The van der Waals surface area contributed by atoms with Crippen molar-refractivity contribution in [2.24, 2.45) is 0 Å². The number of carbonyl (C=O) groups is 1. The number of H-pyrrole nitrogens is 1. The summed E-state index contributed by atoms with van der Waals surface area (Å²) in [5.74, 6) is -0.984. The third kappa shape index (κ3) is 1.25. The van der Waals surface area contributed by atoms with Gasteiger partial charge in [0.1, 0.15) is 0 Å². The molecule has 0 bridgehead atoms. The lowest BCUT2D eigenvalue weighted by atomic mass is 10.2. The summed E-state index contributed by atoms with van der Waals surface area (Å²) in [6.07, 6.45) is 2.04. The van der Waals surface area contributed by atoms with Gasteiger partial charge < -0.3 is 10.1 Å². The zero-order valence-electron chi connectivity index (χ0n) is 8.43. The number of hydrogen-bond donors (Lipinski definition) is 2. The van der Waals surface area contributed by atoms with Crippen LogP contribution >= 0.6 is 0 Å². The number of carboxylic acids is 1. The molecule has 0 atom stereocenters. The van der Waals surface area contributed by atoms with E-state index in [0.29, 0.717) is 5.52 Å². The predicted octanol–water partition coefficient (Wildman–Crippen LogP) is 1.36. The highest BCUT2D eigenvalue weighted by Crippen LogP contribution is 2.35. The van der Waals surface area contributed by atoms with E-state index in [1.165, 1.54) is 12.1 Å². The number of nitrogens with zero attached hydrogens (tertiary/aromatic N) is 1. The number of fused-ring (bicyclic) bond motifs is 1. The molecule has 5 heteroatoms. The summed E-state index contributed by atoms with van der Waals surface area (Å²) in [5.41, 5.74) is 1.42. The van der Waals surface area contributed by atoms with E-state index in [4.69, 9.17) is 5.11 Å². The summed E-state index contributed by atoms with van der Waals surface area (Å²) in [6.45, 7) is 0. The van der Waals surface area contributed by atoms with Gasteiger partial charge in [-0.1, -0.05) is 0 Å². The number of nitrogens with one attached hydrogen (secondary N) is 1. The van der Waals surface area contributed by atoms with Crippen LogP contribution in [0.25, 0.3) is 11.0 Å². The Morgan fingerprint density at radius 2 is 2.19 bits per heavy atom. The molecule has 82 valence electrons. The smallest absolute Gasteiger partial charge is 0.335 e. The number of aromatic carboxylic acids is 1. The standard InChI is InChI=1S/C11H10N2O3/c14-10(15)6-1-4-9-8(5-6)12-11(16)13(9)7-2-3-7/h1,4-5,7H,2-3H2,(H,12,16)(H,14,15). The average molecular weight is 218 g/mol. The lowest BCUT2D eigenvalue weighted by molar-refractivity contribution is 0.0697. The fourth-order valence-electron chi connectivity index (χ4n) is 1.96. The molecule has 0 aliphatic heterocycles. The summed E-state index contributed by atoms with van der Waals surface area (Å²) in [5, 5.41) is 8.84. The number of carboxylic acid groups (broad SMARTS) is 1. The molecule has 0 saturated heterocycles. The van der Waals surface area contributed by atoms with E-state index in [0.717, 1.165) is 18.4 Å². The van der Waals surface area contributed by atoms with Gasteiger partial charge in [0.05, 0.1) is 16.6 Å². The fourth-order valence-corrected chi connectivity index (χ4v) is 1.96. The molecule has 5 nitrogen and oxygen atoms in total. The minimum absolute atomic E-state index is 0.153. The van der Waals surface area contributed by atoms with Crippen LogP contribution in [0.1, 0.15) is 29.2 Å². The molecule has 1 aliphatic rings. The molecule has 1 saturated carbocycles. The Balaban J connectivity index is 2.27. The van der Waals surface area contributed by atoms with E-state index in [2.05, 4.69) is 4.98 Å². The van der Waals surface area contributed by atoms with Crippen LogP contribution in [0.15, 0.2) is 23.0 Å². The number of imidazole rings is 1. The molecule has 1 fully saturated rings. The average Bonchev–Trinajstić information content (AvgIpc) is 3.00. The van der Waals surface area contributed by atoms with E-state index in [9.17, 15) is 9.59 Å². The van der Waals surface area contributed by atoms with Crippen LogP contribution in [0.2, 0.25) is 0 Å². The highest BCUT2D eigenvalue weighted by molar-refractivity contribution is 5.92. The molecule has 3 rings (SSSR count). The highest BCUT2D eigenvalue weighted by Gasteiger charge is 2.27. The third-order valence-corrected chi connectivity index (χ3v) is 2.88. The maximum Gasteiger partial charge on any atom is 0.335 e. The second kappa shape index (κ2) is 2.98. The molecule has 0 unspecified atom stereocenters. The zero-order chi connectivity index (χ0) is 11.3. The maximum atomic E-state index is 11.7. The van der Waals surface area contributed by atoms with Crippen LogP contribution in [-0.2, 0) is 0 Å². The van der Waals surface area contributed by atoms with Gasteiger partial charge in [-0.2, -0.15) is 0 Å². The molecule has 2 N–H and O–H groups in total. The van der Waals surface area contributed by atoms with Crippen molar-refractivity contribution in [3.05, 3.63) is 34.2 Å². The van der Waals surface area contributed by atoms with Crippen LogP contribution in [0, 0.1) is 0 Å². The van der Waals surface area contributed by atoms with Crippen LogP contribution in [0.3, 0.4) is 0 Å². The van der Waals surface area contributed by atoms with Gasteiger partial charge in [0.25, 0.3) is 0 Å². The fraction of sp³-hybridized carbons (Fsp3) is 0.273. The second-order valence-corrected chi connectivity index (χ2v) is 4.07. The Kier molecular flexibility index (Phi) is 1.71. The Labute approximate surface area is 90.3 Å². The van der Waals surface area contributed by atoms with E-state index in [1.54, 1.807) is 10.6 Å². The van der Waals surface area contributed by atoms with Gasteiger partial charge in [0.15, 0.2) is 0 Å². The van der Waals surface area contributed by atoms with E-state index in [1.807, 2.05) is 0 Å². The van der Waals surface area contributed by atoms with Crippen molar-refractivity contribution in [1.29, 1.82) is 0 Å². The maximum absolute atomic E-state index is 11.7. The molecule has 1 heterocycles. The first-order valence-electron chi connectivity index (χ1n) is 5.14. The molecule has 1 aromatic carbocycles. The van der Waals surface area contributed by atoms with Crippen molar-refractivity contribution in [1.82, 2.24) is 9.55 Å². The number of rotatable bonds is 2. The lowest BCUT2D eigenvalue weighted by Gasteiger charge is -1.99. The van der Waals surface area contributed by atoms with Gasteiger partial charge in [-0.15, -0.1) is 0 Å². The Morgan fingerprint density at radius 1 is 1.44 bits per heavy atom. The van der Waals surface area contributed by atoms with E-state index < -0.39 is 5.97 Å². The van der Waals surface area contributed by atoms with Crippen LogP contribution < -0.4 is 5.69 Å². The normalized spacial score (nSPS) is 15.5. The molecular formula is C11H10N2O3. The minimum Gasteiger partial charge on any atom is -0.478 e. The Hall–Kier alpha value is -2.04. The summed E-state index contributed by atoms with van der Waals surface area (Å²) < 4.78 is 1.71. The Bertz CT molecular complexity index is 634. The summed E-state index contributed by atoms with van der Waals surface area (Å²) in [7, 11) is 0. The largest absolute Gasteiger partial charge is 0.478 e. The van der Waals surface area contributed by atoms with Crippen molar-refractivity contribution in [3.8, 4) is 0 Å². The number of hydrogen-bond acceptors (Lipinski definition) is 2. The van der Waals surface area contributed by atoms with Crippen LogP contribution in [-0.4, -0.2) is 20.6 Å². The first kappa shape index (κ1) is 9.21. The van der Waals surface area contributed by atoms with Crippen molar-refractivity contribution in [2.75, 3.05) is 0 Å². The third-order valence-electron chi connectivity index (χ3n) is 2.88. The molecule has 2 aromatic rings. The molecule has 0 amide bonds. The topological polar surface area (TPSA) is 75.1 Å². The highest BCUT2D eigenvalue weighted by atomic mass is 16.4. The first-order valence-corrected chi connectivity index (χ1v) is 5.14. The van der Waals surface area contributed by atoms with Gasteiger partial charge in [-0.3, -0.25) is 4.57 Å². The van der Waals surface area contributed by atoms with E-state index in [-0.39, 0.29) is 17.3 Å². The monoisotopic (exact) mass is 218 g/mol. The minimum atomic E-state index is -0.984. The van der Waals surface area contributed by atoms with Gasteiger partial charge in [0, 0.05) is 6.04 Å². The number of aromatic amines is 1. The summed E-state index contributed by atoms with van der Waals surface area (Å²) >= 11 is 0. The van der Waals surface area contributed by atoms with Gasteiger partial charge in [-0.25, -0.2) is 9.59 Å². The van der Waals surface area contributed by atoms with Crippen molar-refractivity contribution < 1.29 is 9.90 Å². The zero-order valence-corrected chi connectivity index (χ0v) is 8.43. The van der Waals surface area contributed by atoms with Crippen LogP contribution in [0.5, 0.6) is 0 Å². The number of aromatic nitrogens is 2. The molecule has 1 aliphatic carbocycles. The SMILES string of the molecule is O=C(O)c1ccc2c(c1)[nH]c(=O)n2C1CC1. The van der Waals surface area contributed by atoms with Crippen LogP contribution in [0.4, 0.5) is 0 Å². The lowest BCUT2D eigenvalue weighted by Crippen LogP contribution is -2.14. The van der Waals surface area contributed by atoms with Crippen molar-refractivity contribution in [2.45, 2.75) is 18.9 Å². The van der Waals surface area contributed by atoms with Gasteiger partial charge in [0.2, 0.25) is 0 Å². The van der Waals surface area contributed by atoms with Crippen molar-refractivity contribution >= 4 is 17.0 Å². The molecular weight excluding hydrogens is 208 g/mol. The molecule has 1 aromatic heterocycles. The van der Waals surface area contributed by atoms with Gasteiger partial charge in [-0.05, 0) is 31.0 Å². The van der Waals surface area contributed by atoms with Gasteiger partial charge >= 0.3 is 11.7 Å². The summed E-state index contributed by atoms with van der Waals surface area (Å²) in [4.78, 5) is 25.1. The quantitative estimate of drug-likeness (QED) is 0.799. The first-order chi connectivity index (χ1) is 7.66. The summed E-state index contributed by atoms with van der Waals surface area (Å²) in [6, 6.07) is 5.00. The second-order valence-electron chi connectivity index (χ2n) is 4.07. The molecule has 0 spiro atoms. The number of benzene rings is 1. The molecule has 16 heavy (non-hydrogen) atoms. The predicted molar refractivity (Wildman–Crippen MR) is 57.8 cm³/mol. The molecule has 0 radical (unpaired) electrons. The Morgan fingerprint density at radius 3 is 2.81 bits per heavy atom. The van der Waals surface area contributed by atoms with E-state index >= 15 is 0 Å².